The van der Waals surface area contributed by atoms with Gasteiger partial charge in [-0.2, -0.15) is 0 Å². The molecule has 3 aromatic carbocycles. The van der Waals surface area contributed by atoms with Crippen LogP contribution in [0.15, 0.2) is 95.9 Å². The number of hydrogen-bond acceptors (Lipinski definition) is 3. The lowest BCUT2D eigenvalue weighted by molar-refractivity contribution is -0.146. The standard InChI is InChI=1S/C8H9Br.C8H9Cl.C6H11BrO2.C6H5ClO2S/c2*9-7-6-8-4-2-1-3-5-8;1-6(2,3-4-7)5(8)9;7-10(8,9)6-4-2-1-3-5-6/h2*1-5H,6-7H2;3-4H2,1-2H3,(H,8,9);1-5H. The Morgan fingerprint density at radius 3 is 1.46 bits per heavy atom. The third-order valence-electron chi connectivity index (χ3n) is 4.78. The average Bonchev–Trinajstić information content (AvgIpc) is 2.87. The molecule has 0 saturated carbocycles. The van der Waals surface area contributed by atoms with Crippen LogP contribution < -0.4 is 0 Å². The fourth-order valence-corrected chi connectivity index (χ4v) is 4.89. The van der Waals surface area contributed by atoms with Crippen molar-refractivity contribution in [1.82, 2.24) is 0 Å². The Morgan fingerprint density at radius 1 is 0.784 bits per heavy atom. The molecule has 37 heavy (non-hydrogen) atoms. The third kappa shape index (κ3) is 18.5. The molecule has 0 amide bonds. The average molecular weight is 697 g/mol. The maximum Gasteiger partial charge on any atom is 0.309 e. The number of carbonyl (C=O) groups is 1. The summed E-state index contributed by atoms with van der Waals surface area (Å²) < 4.78 is 21.2. The fraction of sp³-hybridized carbons (Fsp3) is 0.321. The second-order valence-corrected chi connectivity index (χ2v) is 12.8. The molecule has 204 valence electrons. The van der Waals surface area contributed by atoms with Crippen molar-refractivity contribution in [3.8, 4) is 0 Å². The van der Waals surface area contributed by atoms with E-state index in [0.717, 1.165) is 23.5 Å². The molecule has 1 N–H and O–H groups in total. The summed E-state index contributed by atoms with van der Waals surface area (Å²) in [6, 6.07) is 28.6. The molecule has 0 aliphatic carbocycles. The molecule has 3 rings (SSSR count). The summed E-state index contributed by atoms with van der Waals surface area (Å²) in [5, 5.41) is 10.3. The van der Waals surface area contributed by atoms with E-state index in [2.05, 4.69) is 68.3 Å². The summed E-state index contributed by atoms with van der Waals surface area (Å²) in [6.07, 6.45) is 2.77. The highest BCUT2D eigenvalue weighted by atomic mass is 79.9. The summed E-state index contributed by atoms with van der Waals surface area (Å²) in [4.78, 5) is 10.5. The zero-order valence-electron chi connectivity index (χ0n) is 21.0. The van der Waals surface area contributed by atoms with Gasteiger partial charge in [0.25, 0.3) is 9.05 Å². The molecule has 0 fully saturated rings. The molecular weight excluding hydrogens is 663 g/mol. The Bertz CT molecular complexity index is 1040. The van der Waals surface area contributed by atoms with E-state index in [1.54, 1.807) is 32.0 Å². The first kappa shape index (κ1) is 35.6. The fourth-order valence-electron chi connectivity index (χ4n) is 2.43. The van der Waals surface area contributed by atoms with Crippen molar-refractivity contribution in [2.45, 2.75) is 38.0 Å². The summed E-state index contributed by atoms with van der Waals surface area (Å²) in [5.41, 5.74) is 2.13. The van der Waals surface area contributed by atoms with Crippen molar-refractivity contribution in [2.75, 3.05) is 16.5 Å². The van der Waals surface area contributed by atoms with Gasteiger partial charge in [-0.3, -0.25) is 4.79 Å². The van der Waals surface area contributed by atoms with E-state index >= 15 is 0 Å². The van der Waals surface area contributed by atoms with E-state index in [1.165, 1.54) is 23.3 Å². The summed E-state index contributed by atoms with van der Waals surface area (Å²) in [5.74, 6) is -0.0220. The highest BCUT2D eigenvalue weighted by molar-refractivity contribution is 9.09. The molecule has 0 radical (unpaired) electrons. The predicted molar refractivity (Wildman–Crippen MR) is 164 cm³/mol. The molecule has 0 aliphatic rings. The first-order chi connectivity index (χ1) is 17.5. The second-order valence-electron chi connectivity index (χ2n) is 8.23. The van der Waals surface area contributed by atoms with Crippen molar-refractivity contribution < 1.29 is 18.3 Å². The molecule has 9 heteroatoms. The molecule has 0 aliphatic heterocycles. The first-order valence-electron chi connectivity index (χ1n) is 11.5. The number of carboxylic acid groups (broad SMARTS) is 1. The number of halogens is 4. The van der Waals surface area contributed by atoms with Crippen LogP contribution in [0.5, 0.6) is 0 Å². The highest BCUT2D eigenvalue weighted by Crippen LogP contribution is 2.20. The molecular formula is C28H34Br2Cl2O4S. The maximum absolute atomic E-state index is 10.6. The SMILES string of the molecule is BrCCc1ccccc1.CC(C)(CCBr)C(=O)O.ClCCc1ccccc1.O=S(=O)(Cl)c1ccccc1. The minimum atomic E-state index is -3.53. The minimum Gasteiger partial charge on any atom is -0.481 e. The lowest BCUT2D eigenvalue weighted by Crippen LogP contribution is -2.23. The normalized spacial score (nSPS) is 10.4. The van der Waals surface area contributed by atoms with Gasteiger partial charge < -0.3 is 5.11 Å². The summed E-state index contributed by atoms with van der Waals surface area (Å²) in [7, 11) is 1.50. The van der Waals surface area contributed by atoms with Gasteiger partial charge in [-0.15, -0.1) is 11.6 Å². The highest BCUT2D eigenvalue weighted by Gasteiger charge is 2.25. The zero-order chi connectivity index (χ0) is 28.2. The first-order valence-corrected chi connectivity index (χ1v) is 16.6. The van der Waals surface area contributed by atoms with Gasteiger partial charge >= 0.3 is 5.97 Å². The number of benzene rings is 3. The Kier molecular flexibility index (Phi) is 19.8. The summed E-state index contributed by atoms with van der Waals surface area (Å²) in [6.45, 7) is 3.44. The van der Waals surface area contributed by atoms with Crippen LogP contribution in [0.2, 0.25) is 0 Å². The number of aliphatic carboxylic acids is 1. The van der Waals surface area contributed by atoms with Crippen molar-refractivity contribution in [3.63, 3.8) is 0 Å². The van der Waals surface area contributed by atoms with Crippen molar-refractivity contribution in [1.29, 1.82) is 0 Å². The second kappa shape index (κ2) is 20.6. The van der Waals surface area contributed by atoms with Crippen molar-refractivity contribution in [2.24, 2.45) is 5.41 Å². The smallest absolute Gasteiger partial charge is 0.309 e. The van der Waals surface area contributed by atoms with Crippen LogP contribution in [0.1, 0.15) is 31.4 Å². The van der Waals surface area contributed by atoms with Crippen LogP contribution in [-0.4, -0.2) is 36.0 Å². The van der Waals surface area contributed by atoms with Gasteiger partial charge in [0.1, 0.15) is 0 Å². The van der Waals surface area contributed by atoms with Crippen LogP contribution >= 0.6 is 54.1 Å². The van der Waals surface area contributed by atoms with Gasteiger partial charge in [-0.25, -0.2) is 8.42 Å². The topological polar surface area (TPSA) is 71.4 Å². The van der Waals surface area contributed by atoms with Crippen LogP contribution in [0.4, 0.5) is 0 Å². The largest absolute Gasteiger partial charge is 0.481 e. The number of carboxylic acids is 1. The van der Waals surface area contributed by atoms with Gasteiger partial charge in [0, 0.05) is 27.2 Å². The van der Waals surface area contributed by atoms with Crippen LogP contribution in [0.25, 0.3) is 0 Å². The predicted octanol–water partition coefficient (Wildman–Crippen LogP) is 8.59. The van der Waals surface area contributed by atoms with E-state index in [1.807, 2.05) is 24.3 Å². The molecule has 0 heterocycles. The van der Waals surface area contributed by atoms with Gasteiger partial charge in [0.2, 0.25) is 0 Å². The van der Waals surface area contributed by atoms with E-state index in [-0.39, 0.29) is 4.90 Å². The molecule has 0 bridgehead atoms. The number of alkyl halides is 3. The van der Waals surface area contributed by atoms with E-state index in [9.17, 15) is 13.2 Å². The minimum absolute atomic E-state index is 0.136. The third-order valence-corrected chi connectivity index (χ3v) is 7.13. The van der Waals surface area contributed by atoms with Gasteiger partial charge in [-0.1, -0.05) is 111 Å². The van der Waals surface area contributed by atoms with Crippen molar-refractivity contribution >= 4 is 69.2 Å². The molecule has 4 nitrogen and oxygen atoms in total. The molecule has 3 aromatic rings. The van der Waals surface area contributed by atoms with Gasteiger partial charge in [0.15, 0.2) is 0 Å². The van der Waals surface area contributed by atoms with E-state index in [0.29, 0.717) is 12.3 Å². The molecule has 0 saturated heterocycles. The number of hydrogen-bond donors (Lipinski definition) is 1. The Balaban J connectivity index is 0.000000468. The van der Waals surface area contributed by atoms with Gasteiger partial charge in [0.05, 0.1) is 10.3 Å². The number of rotatable bonds is 8. The zero-order valence-corrected chi connectivity index (χ0v) is 26.5. The lowest BCUT2D eigenvalue weighted by Gasteiger charge is -2.16. The Hall–Kier alpha value is -1.38. The van der Waals surface area contributed by atoms with Gasteiger partial charge in [-0.05, 0) is 56.4 Å². The number of aryl methyl sites for hydroxylation is 2. The van der Waals surface area contributed by atoms with Crippen LogP contribution in [0, 0.1) is 5.41 Å². The lowest BCUT2D eigenvalue weighted by atomic mass is 9.91. The quantitative estimate of drug-likeness (QED) is 0.189. The molecule has 0 atom stereocenters. The van der Waals surface area contributed by atoms with E-state index in [4.69, 9.17) is 27.4 Å². The molecule has 0 spiro atoms. The molecule has 0 unspecified atom stereocenters. The molecule has 0 aromatic heterocycles. The Labute approximate surface area is 248 Å². The van der Waals surface area contributed by atoms with Crippen molar-refractivity contribution in [3.05, 3.63) is 102 Å². The Morgan fingerprint density at radius 2 is 1.19 bits per heavy atom. The maximum atomic E-state index is 10.6. The van der Waals surface area contributed by atoms with Crippen LogP contribution in [-0.2, 0) is 26.7 Å². The van der Waals surface area contributed by atoms with Crippen LogP contribution in [0.3, 0.4) is 0 Å². The monoisotopic (exact) mass is 694 g/mol. The summed E-state index contributed by atoms with van der Waals surface area (Å²) >= 11 is 12.1. The van der Waals surface area contributed by atoms with E-state index < -0.39 is 20.4 Å².